The monoisotopic (exact) mass is 406 g/mol. The predicted molar refractivity (Wildman–Crippen MR) is 115 cm³/mol. The van der Waals surface area contributed by atoms with Crippen LogP contribution in [0.4, 0.5) is 5.82 Å². The molecule has 1 aromatic carbocycles. The highest BCUT2D eigenvalue weighted by Crippen LogP contribution is 2.21. The average Bonchev–Trinajstić information content (AvgIpc) is 3.31. The lowest BCUT2D eigenvalue weighted by molar-refractivity contribution is -0.138. The first kappa shape index (κ1) is 19.9. The molecule has 2 aromatic heterocycles. The van der Waals surface area contributed by atoms with Gasteiger partial charge in [-0.15, -0.1) is 10.2 Å². The molecule has 30 heavy (non-hydrogen) atoms. The summed E-state index contributed by atoms with van der Waals surface area (Å²) in [5, 5.41) is 8.58. The zero-order valence-electron chi connectivity index (χ0n) is 17.5. The number of anilines is 1. The molecule has 4 rings (SSSR count). The number of rotatable bonds is 5. The fourth-order valence-corrected chi connectivity index (χ4v) is 3.50. The minimum Gasteiger partial charge on any atom is -0.481 e. The highest BCUT2D eigenvalue weighted by molar-refractivity contribution is 5.81. The van der Waals surface area contributed by atoms with Crippen LogP contribution in [0, 0.1) is 13.8 Å². The molecule has 0 radical (unpaired) electrons. The number of ether oxygens (including phenoxy) is 1. The molecule has 3 heterocycles. The number of amides is 1. The van der Waals surface area contributed by atoms with Gasteiger partial charge in [-0.2, -0.15) is 0 Å². The third-order valence-electron chi connectivity index (χ3n) is 5.48. The molecule has 0 bridgehead atoms. The molecule has 1 saturated heterocycles. The van der Waals surface area contributed by atoms with E-state index in [-0.39, 0.29) is 5.91 Å². The molecular formula is C23H26N4O3. The largest absolute Gasteiger partial charge is 0.481 e. The van der Waals surface area contributed by atoms with Crippen LogP contribution >= 0.6 is 0 Å². The lowest BCUT2D eigenvalue weighted by Crippen LogP contribution is -2.52. The quantitative estimate of drug-likeness (QED) is 0.646. The van der Waals surface area contributed by atoms with Crippen molar-refractivity contribution in [3.63, 3.8) is 0 Å². The molecule has 1 aliphatic heterocycles. The lowest BCUT2D eigenvalue weighted by Gasteiger charge is -2.36. The summed E-state index contributed by atoms with van der Waals surface area (Å²) in [7, 11) is 0. The van der Waals surface area contributed by atoms with E-state index < -0.39 is 6.10 Å². The Kier molecular flexibility index (Phi) is 5.70. The summed E-state index contributed by atoms with van der Waals surface area (Å²) in [6, 6.07) is 13.4. The second-order valence-corrected chi connectivity index (χ2v) is 7.57. The molecule has 1 atom stereocenters. The Morgan fingerprint density at radius 3 is 2.47 bits per heavy atom. The standard InChI is InChI=1S/C23H26N4O3/c1-16-6-7-19(15-17(16)2)30-18(3)23(28)27-12-10-26(11-13-27)22-9-8-20(24-25-22)21-5-4-14-29-21/h4-9,14-15,18H,10-13H2,1-3H3. The van der Waals surface area contributed by atoms with E-state index in [0.29, 0.717) is 37.6 Å². The van der Waals surface area contributed by atoms with Crippen molar-refractivity contribution in [2.24, 2.45) is 0 Å². The number of hydrogen-bond acceptors (Lipinski definition) is 6. The second kappa shape index (κ2) is 8.57. The van der Waals surface area contributed by atoms with E-state index in [1.54, 1.807) is 6.26 Å². The van der Waals surface area contributed by atoms with Gasteiger partial charge in [0.25, 0.3) is 5.91 Å². The maximum absolute atomic E-state index is 12.8. The summed E-state index contributed by atoms with van der Waals surface area (Å²) in [5.41, 5.74) is 3.06. The summed E-state index contributed by atoms with van der Waals surface area (Å²) < 4.78 is 11.2. The Hall–Kier alpha value is -3.35. The summed E-state index contributed by atoms with van der Waals surface area (Å²) in [6.07, 6.45) is 1.09. The van der Waals surface area contributed by atoms with Gasteiger partial charge in [0, 0.05) is 26.2 Å². The molecule has 7 nitrogen and oxygen atoms in total. The van der Waals surface area contributed by atoms with E-state index in [0.717, 1.165) is 17.1 Å². The van der Waals surface area contributed by atoms with Crippen molar-refractivity contribution in [2.75, 3.05) is 31.1 Å². The van der Waals surface area contributed by atoms with Gasteiger partial charge in [0.1, 0.15) is 11.4 Å². The average molecular weight is 406 g/mol. The van der Waals surface area contributed by atoms with Crippen LogP contribution in [0.2, 0.25) is 0 Å². The third kappa shape index (κ3) is 4.30. The van der Waals surface area contributed by atoms with Crippen LogP contribution in [0.15, 0.2) is 53.1 Å². The fourth-order valence-electron chi connectivity index (χ4n) is 3.50. The van der Waals surface area contributed by atoms with Gasteiger partial charge in [0.2, 0.25) is 0 Å². The predicted octanol–water partition coefficient (Wildman–Crippen LogP) is 3.47. The number of carbonyl (C=O) groups excluding carboxylic acids is 1. The molecule has 7 heteroatoms. The maximum Gasteiger partial charge on any atom is 0.263 e. The SMILES string of the molecule is Cc1ccc(OC(C)C(=O)N2CCN(c3ccc(-c4ccco4)nn3)CC2)cc1C. The van der Waals surface area contributed by atoms with Crippen molar-refractivity contribution in [1.82, 2.24) is 15.1 Å². The van der Waals surface area contributed by atoms with E-state index in [4.69, 9.17) is 9.15 Å². The van der Waals surface area contributed by atoms with Gasteiger partial charge in [-0.25, -0.2) is 0 Å². The molecule has 1 amide bonds. The Morgan fingerprint density at radius 1 is 1.03 bits per heavy atom. The summed E-state index contributed by atoms with van der Waals surface area (Å²) >= 11 is 0. The summed E-state index contributed by atoms with van der Waals surface area (Å²) in [6.45, 7) is 8.57. The number of benzene rings is 1. The van der Waals surface area contributed by atoms with Crippen LogP contribution in [-0.4, -0.2) is 53.3 Å². The van der Waals surface area contributed by atoms with Crippen molar-refractivity contribution in [3.8, 4) is 17.2 Å². The van der Waals surface area contributed by atoms with Crippen LogP contribution in [0.3, 0.4) is 0 Å². The van der Waals surface area contributed by atoms with E-state index >= 15 is 0 Å². The highest BCUT2D eigenvalue weighted by atomic mass is 16.5. The van der Waals surface area contributed by atoms with Crippen molar-refractivity contribution in [2.45, 2.75) is 26.9 Å². The number of piperazine rings is 1. The molecule has 1 unspecified atom stereocenters. The number of nitrogens with zero attached hydrogens (tertiary/aromatic N) is 4. The molecule has 1 aliphatic rings. The minimum absolute atomic E-state index is 0.00660. The smallest absolute Gasteiger partial charge is 0.263 e. The second-order valence-electron chi connectivity index (χ2n) is 7.57. The van der Waals surface area contributed by atoms with Crippen LogP contribution < -0.4 is 9.64 Å². The zero-order valence-corrected chi connectivity index (χ0v) is 17.5. The van der Waals surface area contributed by atoms with Gasteiger partial charge in [-0.3, -0.25) is 4.79 Å². The lowest BCUT2D eigenvalue weighted by atomic mass is 10.1. The summed E-state index contributed by atoms with van der Waals surface area (Å²) in [5.74, 6) is 2.23. The molecule has 0 saturated carbocycles. The Morgan fingerprint density at radius 2 is 1.83 bits per heavy atom. The number of furan rings is 1. The van der Waals surface area contributed by atoms with Crippen LogP contribution in [-0.2, 0) is 4.79 Å². The van der Waals surface area contributed by atoms with E-state index in [9.17, 15) is 4.79 Å². The molecule has 0 aliphatic carbocycles. The van der Waals surface area contributed by atoms with Gasteiger partial charge in [-0.05, 0) is 68.3 Å². The van der Waals surface area contributed by atoms with Crippen molar-refractivity contribution >= 4 is 11.7 Å². The first-order valence-corrected chi connectivity index (χ1v) is 10.2. The highest BCUT2D eigenvalue weighted by Gasteiger charge is 2.26. The topological polar surface area (TPSA) is 71.7 Å². The molecule has 3 aromatic rings. The number of aromatic nitrogens is 2. The zero-order chi connectivity index (χ0) is 21.1. The molecular weight excluding hydrogens is 380 g/mol. The third-order valence-corrected chi connectivity index (χ3v) is 5.48. The van der Waals surface area contributed by atoms with Crippen LogP contribution in [0.1, 0.15) is 18.1 Å². The summed E-state index contributed by atoms with van der Waals surface area (Å²) in [4.78, 5) is 16.8. The molecule has 0 spiro atoms. The Balaban J connectivity index is 1.32. The van der Waals surface area contributed by atoms with Gasteiger partial charge >= 0.3 is 0 Å². The van der Waals surface area contributed by atoms with E-state index in [1.807, 2.05) is 61.2 Å². The van der Waals surface area contributed by atoms with Crippen molar-refractivity contribution in [1.29, 1.82) is 0 Å². The van der Waals surface area contributed by atoms with Crippen molar-refractivity contribution in [3.05, 3.63) is 59.9 Å². The first-order valence-electron chi connectivity index (χ1n) is 10.2. The molecule has 156 valence electrons. The Labute approximate surface area is 176 Å². The number of hydrogen-bond donors (Lipinski definition) is 0. The van der Waals surface area contributed by atoms with Crippen LogP contribution in [0.25, 0.3) is 11.5 Å². The minimum atomic E-state index is -0.522. The van der Waals surface area contributed by atoms with Gasteiger partial charge in [0.05, 0.1) is 6.26 Å². The van der Waals surface area contributed by atoms with E-state index in [1.165, 1.54) is 5.56 Å². The Bertz CT molecular complexity index is 994. The number of carbonyl (C=O) groups is 1. The normalized spacial score (nSPS) is 15.2. The maximum atomic E-state index is 12.8. The van der Waals surface area contributed by atoms with Crippen LogP contribution in [0.5, 0.6) is 5.75 Å². The first-order chi connectivity index (χ1) is 14.5. The van der Waals surface area contributed by atoms with Gasteiger partial charge in [-0.1, -0.05) is 6.07 Å². The molecule has 0 N–H and O–H groups in total. The fraction of sp³-hybridized carbons (Fsp3) is 0.348. The van der Waals surface area contributed by atoms with Gasteiger partial charge < -0.3 is 19.0 Å². The molecule has 1 fully saturated rings. The van der Waals surface area contributed by atoms with Gasteiger partial charge in [0.15, 0.2) is 17.7 Å². The van der Waals surface area contributed by atoms with Crippen molar-refractivity contribution < 1.29 is 13.9 Å². The van der Waals surface area contributed by atoms with E-state index in [2.05, 4.69) is 22.0 Å². The number of aryl methyl sites for hydroxylation is 2.